The summed E-state index contributed by atoms with van der Waals surface area (Å²) in [7, 11) is 0.157. The van der Waals surface area contributed by atoms with Crippen LogP contribution in [0.25, 0.3) is 0 Å². The number of esters is 1. The van der Waals surface area contributed by atoms with E-state index in [0.29, 0.717) is 24.7 Å². The smallest absolute Gasteiger partial charge is 0.340 e. The van der Waals surface area contributed by atoms with E-state index in [9.17, 15) is 18.0 Å². The van der Waals surface area contributed by atoms with Crippen molar-refractivity contribution < 1.29 is 41.7 Å². The maximum absolute atomic E-state index is 13.0. The third kappa shape index (κ3) is 5.28. The number of amides is 1. The summed E-state index contributed by atoms with van der Waals surface area (Å²) < 4.78 is 52.9. The van der Waals surface area contributed by atoms with Crippen molar-refractivity contribution >= 4 is 33.3 Å². The molecule has 0 radical (unpaired) electrons. The highest BCUT2D eigenvalue weighted by Crippen LogP contribution is 2.36. The van der Waals surface area contributed by atoms with E-state index in [1.54, 1.807) is 6.07 Å². The van der Waals surface area contributed by atoms with Gasteiger partial charge in [0.05, 0.1) is 44.0 Å². The van der Waals surface area contributed by atoms with Gasteiger partial charge in [-0.15, -0.1) is 0 Å². The van der Waals surface area contributed by atoms with E-state index in [1.807, 2.05) is 0 Å². The van der Waals surface area contributed by atoms with Crippen molar-refractivity contribution in [1.82, 2.24) is 0 Å². The zero-order valence-corrected chi connectivity index (χ0v) is 20.1. The number of ether oxygens (including phenoxy) is 5. The molecule has 1 amide bonds. The molecule has 1 heterocycles. The van der Waals surface area contributed by atoms with Gasteiger partial charge < -0.3 is 29.0 Å². The Kier molecular flexibility index (Phi) is 7.72. The third-order valence-corrected chi connectivity index (χ3v) is 6.75. The first kappa shape index (κ1) is 25.0. The topological polar surface area (TPSA) is 130 Å². The van der Waals surface area contributed by atoms with Gasteiger partial charge in [0.1, 0.15) is 19.8 Å². The number of sulfonamides is 1. The first-order valence-electron chi connectivity index (χ1n) is 10.3. The molecule has 184 valence electrons. The van der Waals surface area contributed by atoms with E-state index in [0.717, 1.165) is 4.31 Å². The van der Waals surface area contributed by atoms with E-state index < -0.39 is 28.4 Å². The molecule has 0 fully saturated rings. The summed E-state index contributed by atoms with van der Waals surface area (Å²) in [6.07, 6.45) is 0. The number of carbonyl (C=O) groups excluding carboxylic acids is 2. The summed E-state index contributed by atoms with van der Waals surface area (Å²) in [6, 6.07) is 7.38. The highest BCUT2D eigenvalue weighted by atomic mass is 32.2. The zero-order chi connectivity index (χ0) is 24.9. The molecule has 0 saturated heterocycles. The second-order valence-electron chi connectivity index (χ2n) is 7.03. The molecule has 11 nitrogen and oxygen atoms in total. The van der Waals surface area contributed by atoms with Gasteiger partial charge in [-0.2, -0.15) is 0 Å². The van der Waals surface area contributed by atoms with Gasteiger partial charge in [0, 0.05) is 18.2 Å². The van der Waals surface area contributed by atoms with Crippen LogP contribution in [-0.2, 0) is 19.6 Å². The monoisotopic (exact) mass is 494 g/mol. The molecular formula is C22H26N2O9S. The minimum Gasteiger partial charge on any atom is -0.493 e. The Balaban J connectivity index is 1.93. The number of nitrogens with one attached hydrogen (secondary N) is 1. The van der Waals surface area contributed by atoms with E-state index >= 15 is 0 Å². The lowest BCUT2D eigenvalue weighted by molar-refractivity contribution is -0.114. The molecule has 3 rings (SSSR count). The van der Waals surface area contributed by atoms with Crippen LogP contribution < -0.4 is 28.6 Å². The van der Waals surface area contributed by atoms with Crippen LogP contribution in [0, 0.1) is 0 Å². The second kappa shape index (κ2) is 10.5. The summed E-state index contributed by atoms with van der Waals surface area (Å²) in [5.41, 5.74) is 0.324. The van der Waals surface area contributed by atoms with Gasteiger partial charge in [0.15, 0.2) is 23.0 Å². The van der Waals surface area contributed by atoms with Crippen molar-refractivity contribution in [2.45, 2.75) is 6.92 Å². The Hall–Kier alpha value is -3.67. The minimum absolute atomic E-state index is 0.0118. The Morgan fingerprint density at radius 1 is 1.00 bits per heavy atom. The first-order chi connectivity index (χ1) is 16.2. The molecule has 0 atom stereocenters. The Morgan fingerprint density at radius 3 is 2.26 bits per heavy atom. The largest absolute Gasteiger partial charge is 0.493 e. The quantitative estimate of drug-likeness (QED) is 0.521. The van der Waals surface area contributed by atoms with Crippen molar-refractivity contribution in [2.24, 2.45) is 0 Å². The highest BCUT2D eigenvalue weighted by Gasteiger charge is 2.27. The van der Waals surface area contributed by atoms with Crippen LogP contribution in [0.2, 0.25) is 0 Å². The SMILES string of the molecule is CCS(=O)(=O)N(CC(=O)Nc1cc(OC)c(OC)cc1C(=O)OC)c1ccc2c(c1)OCCO2. The van der Waals surface area contributed by atoms with Crippen LogP contribution in [0.3, 0.4) is 0 Å². The third-order valence-electron chi connectivity index (χ3n) is 5.00. The molecule has 0 aromatic heterocycles. The van der Waals surface area contributed by atoms with Crippen LogP contribution in [0.5, 0.6) is 23.0 Å². The van der Waals surface area contributed by atoms with E-state index in [1.165, 1.54) is 52.5 Å². The van der Waals surface area contributed by atoms with Gasteiger partial charge in [-0.1, -0.05) is 0 Å². The lowest BCUT2D eigenvalue weighted by Gasteiger charge is -2.26. The number of hydrogen-bond acceptors (Lipinski definition) is 9. The predicted octanol–water partition coefficient (Wildman–Crippen LogP) is 2.06. The normalized spacial score (nSPS) is 12.5. The molecule has 34 heavy (non-hydrogen) atoms. The number of nitrogens with zero attached hydrogens (tertiary/aromatic N) is 1. The van der Waals surface area contributed by atoms with E-state index in [2.05, 4.69) is 5.32 Å². The van der Waals surface area contributed by atoms with Gasteiger partial charge in [0.2, 0.25) is 15.9 Å². The van der Waals surface area contributed by atoms with Crippen molar-refractivity contribution in [3.8, 4) is 23.0 Å². The van der Waals surface area contributed by atoms with Crippen molar-refractivity contribution in [3.63, 3.8) is 0 Å². The summed E-state index contributed by atoms with van der Waals surface area (Å²) in [5.74, 6) is -0.263. The van der Waals surface area contributed by atoms with Crippen molar-refractivity contribution in [3.05, 3.63) is 35.9 Å². The molecule has 0 saturated carbocycles. The van der Waals surface area contributed by atoms with Crippen LogP contribution in [0.4, 0.5) is 11.4 Å². The van der Waals surface area contributed by atoms with Crippen LogP contribution in [0.15, 0.2) is 30.3 Å². The number of carbonyl (C=O) groups is 2. The Labute approximate surface area is 197 Å². The average Bonchev–Trinajstić information content (AvgIpc) is 2.86. The fraction of sp³-hybridized carbons (Fsp3) is 0.364. The number of benzene rings is 2. The van der Waals surface area contributed by atoms with Gasteiger partial charge in [-0.05, 0) is 19.1 Å². The average molecular weight is 495 g/mol. The summed E-state index contributed by atoms with van der Waals surface area (Å²) in [5, 5.41) is 2.57. The lowest BCUT2D eigenvalue weighted by atomic mass is 10.1. The minimum atomic E-state index is -3.84. The predicted molar refractivity (Wildman–Crippen MR) is 124 cm³/mol. The van der Waals surface area contributed by atoms with Gasteiger partial charge >= 0.3 is 5.97 Å². The molecule has 0 spiro atoms. The fourth-order valence-electron chi connectivity index (χ4n) is 3.27. The highest BCUT2D eigenvalue weighted by molar-refractivity contribution is 7.92. The molecule has 0 aliphatic carbocycles. The van der Waals surface area contributed by atoms with Gasteiger partial charge in [0.25, 0.3) is 0 Å². The molecule has 2 aromatic rings. The molecule has 0 bridgehead atoms. The van der Waals surface area contributed by atoms with E-state index in [-0.39, 0.29) is 34.2 Å². The molecule has 0 unspecified atom stereocenters. The van der Waals surface area contributed by atoms with Crippen LogP contribution >= 0.6 is 0 Å². The first-order valence-corrected chi connectivity index (χ1v) is 11.9. The maximum atomic E-state index is 13.0. The molecule has 2 aromatic carbocycles. The fourth-order valence-corrected chi connectivity index (χ4v) is 4.34. The number of rotatable bonds is 9. The Bertz CT molecular complexity index is 1180. The van der Waals surface area contributed by atoms with Gasteiger partial charge in [-0.3, -0.25) is 9.10 Å². The molecule has 12 heteroatoms. The number of fused-ring (bicyclic) bond motifs is 1. The molecule has 1 aliphatic rings. The van der Waals surface area contributed by atoms with E-state index in [4.69, 9.17) is 23.7 Å². The van der Waals surface area contributed by atoms with Gasteiger partial charge in [-0.25, -0.2) is 13.2 Å². The molecular weight excluding hydrogens is 468 g/mol. The van der Waals surface area contributed by atoms with Crippen LogP contribution in [0.1, 0.15) is 17.3 Å². The standard InChI is InChI=1S/C22H26N2O9S/c1-5-34(27,28)24(14-6-7-17-20(10-14)33-9-8-32-17)13-21(25)23-16-12-19(30-3)18(29-2)11-15(16)22(26)31-4/h6-7,10-12H,5,8-9,13H2,1-4H3,(H,23,25). The lowest BCUT2D eigenvalue weighted by Crippen LogP contribution is -2.39. The summed E-state index contributed by atoms with van der Waals surface area (Å²) in [6.45, 7) is 1.64. The van der Waals surface area contributed by atoms with Crippen molar-refractivity contribution in [2.75, 3.05) is 56.5 Å². The second-order valence-corrected chi connectivity index (χ2v) is 9.21. The molecule has 1 N–H and O–H groups in total. The zero-order valence-electron chi connectivity index (χ0n) is 19.2. The number of hydrogen-bond donors (Lipinski definition) is 1. The summed E-state index contributed by atoms with van der Waals surface area (Å²) >= 11 is 0. The maximum Gasteiger partial charge on any atom is 0.340 e. The molecule has 1 aliphatic heterocycles. The summed E-state index contributed by atoms with van der Waals surface area (Å²) in [4.78, 5) is 25.2. The van der Waals surface area contributed by atoms with Crippen LogP contribution in [-0.4, -0.2) is 67.1 Å². The Morgan fingerprint density at radius 2 is 1.65 bits per heavy atom. The van der Waals surface area contributed by atoms with Crippen molar-refractivity contribution in [1.29, 1.82) is 0 Å². The number of methoxy groups -OCH3 is 3. The number of anilines is 2.